The van der Waals surface area contributed by atoms with Crippen molar-refractivity contribution >= 4 is 5.97 Å². The molecule has 0 radical (unpaired) electrons. The predicted octanol–water partition coefficient (Wildman–Crippen LogP) is 3.31. The third-order valence-corrected chi connectivity index (χ3v) is 2.61. The second-order valence-electron chi connectivity index (χ2n) is 6.28. The van der Waals surface area contributed by atoms with Gasteiger partial charge in [-0.25, -0.2) is 4.79 Å². The molecule has 3 nitrogen and oxygen atoms in total. The van der Waals surface area contributed by atoms with Crippen LogP contribution in [-0.2, 0) is 10.8 Å². The lowest BCUT2D eigenvalue weighted by Gasteiger charge is -2.20. The summed E-state index contributed by atoms with van der Waals surface area (Å²) in [5.74, 6) is -0.864. The van der Waals surface area contributed by atoms with Crippen LogP contribution >= 0.6 is 0 Å². The van der Waals surface area contributed by atoms with E-state index in [-0.39, 0.29) is 10.8 Å². The molecule has 16 heavy (non-hydrogen) atoms. The first-order valence-corrected chi connectivity index (χ1v) is 5.51. The highest BCUT2D eigenvalue weighted by atomic mass is 16.4. The van der Waals surface area contributed by atoms with Crippen molar-refractivity contribution in [3.8, 4) is 0 Å². The maximum Gasteiger partial charge on any atom is 0.337 e. The first kappa shape index (κ1) is 12.8. The summed E-state index contributed by atoms with van der Waals surface area (Å²) in [4.78, 5) is 14.5. The summed E-state index contributed by atoms with van der Waals surface area (Å²) in [5.41, 5.74) is 1.91. The van der Waals surface area contributed by atoms with E-state index in [0.29, 0.717) is 5.56 Å². The van der Waals surface area contributed by atoms with Gasteiger partial charge >= 0.3 is 5.97 Å². The summed E-state index contributed by atoms with van der Waals surface area (Å²) < 4.78 is 0. The Morgan fingerprint density at radius 3 is 1.88 bits per heavy atom. The minimum absolute atomic E-state index is 0.0618. The van der Waals surface area contributed by atoms with Gasteiger partial charge in [0.1, 0.15) is 0 Å². The van der Waals surface area contributed by atoms with Gasteiger partial charge < -0.3 is 10.1 Å². The number of carbonyl (C=O) groups is 1. The maximum absolute atomic E-state index is 11.2. The zero-order valence-corrected chi connectivity index (χ0v) is 10.9. The fourth-order valence-corrected chi connectivity index (χ4v) is 1.62. The Morgan fingerprint density at radius 1 is 1.12 bits per heavy atom. The monoisotopic (exact) mass is 223 g/mol. The molecule has 0 amide bonds. The Morgan fingerprint density at radius 2 is 1.62 bits per heavy atom. The van der Waals surface area contributed by atoms with E-state index in [1.54, 1.807) is 6.07 Å². The van der Waals surface area contributed by atoms with Crippen LogP contribution in [0.2, 0.25) is 0 Å². The van der Waals surface area contributed by atoms with E-state index in [1.807, 2.05) is 20.8 Å². The van der Waals surface area contributed by atoms with Gasteiger partial charge in [0.05, 0.1) is 5.56 Å². The van der Waals surface area contributed by atoms with Crippen molar-refractivity contribution in [2.24, 2.45) is 0 Å². The van der Waals surface area contributed by atoms with Crippen molar-refractivity contribution < 1.29 is 9.90 Å². The van der Waals surface area contributed by atoms with Crippen LogP contribution in [0.25, 0.3) is 0 Å². The Kier molecular flexibility index (Phi) is 2.92. The van der Waals surface area contributed by atoms with E-state index in [4.69, 9.17) is 0 Å². The Balaban J connectivity index is 3.38. The lowest BCUT2D eigenvalue weighted by atomic mass is 9.89. The van der Waals surface area contributed by atoms with Gasteiger partial charge in [0.15, 0.2) is 0 Å². The summed E-state index contributed by atoms with van der Waals surface area (Å²) in [5, 5.41) is 9.19. The predicted molar refractivity (Wildman–Crippen MR) is 65.2 cm³/mol. The van der Waals surface area contributed by atoms with Gasteiger partial charge in [0, 0.05) is 22.2 Å². The summed E-state index contributed by atoms with van der Waals surface area (Å²) in [7, 11) is 0. The lowest BCUT2D eigenvalue weighted by Crippen LogP contribution is -2.17. The van der Waals surface area contributed by atoms with Gasteiger partial charge in [0.2, 0.25) is 0 Å². The number of carboxylic acid groups (broad SMARTS) is 1. The first-order chi connectivity index (χ1) is 7.03. The van der Waals surface area contributed by atoms with Gasteiger partial charge in [-0.1, -0.05) is 41.5 Å². The molecule has 0 spiro atoms. The van der Waals surface area contributed by atoms with Crippen LogP contribution in [0.5, 0.6) is 0 Å². The third kappa shape index (κ3) is 2.46. The van der Waals surface area contributed by atoms with E-state index < -0.39 is 5.97 Å². The molecule has 0 fully saturated rings. The number of hydrogen-bond acceptors (Lipinski definition) is 1. The zero-order chi connectivity index (χ0) is 12.7. The number of rotatable bonds is 1. The fraction of sp³-hybridized carbons (Fsp3) is 0.615. The molecule has 0 bridgehead atoms. The number of H-pyrrole nitrogens is 1. The maximum atomic E-state index is 11.2. The second kappa shape index (κ2) is 3.65. The molecule has 0 atom stereocenters. The Hall–Kier alpha value is -1.25. The van der Waals surface area contributed by atoms with E-state index in [2.05, 4.69) is 25.8 Å². The molecule has 0 saturated carbocycles. The van der Waals surface area contributed by atoms with Crippen molar-refractivity contribution in [1.82, 2.24) is 4.98 Å². The van der Waals surface area contributed by atoms with Crippen LogP contribution in [0.4, 0.5) is 0 Å². The molecule has 90 valence electrons. The van der Waals surface area contributed by atoms with Crippen molar-refractivity contribution in [3.05, 3.63) is 23.0 Å². The van der Waals surface area contributed by atoms with Gasteiger partial charge in [-0.05, 0) is 6.07 Å². The molecule has 0 aliphatic carbocycles. The number of aromatic nitrogens is 1. The van der Waals surface area contributed by atoms with Crippen LogP contribution < -0.4 is 0 Å². The first-order valence-electron chi connectivity index (χ1n) is 5.51. The van der Waals surface area contributed by atoms with E-state index in [9.17, 15) is 9.90 Å². The number of hydrogen-bond donors (Lipinski definition) is 2. The Labute approximate surface area is 96.9 Å². The molecule has 0 aliphatic rings. The molecule has 0 aromatic carbocycles. The van der Waals surface area contributed by atoms with Crippen molar-refractivity contribution in [1.29, 1.82) is 0 Å². The summed E-state index contributed by atoms with van der Waals surface area (Å²) in [6.45, 7) is 12.2. The molecule has 2 N–H and O–H groups in total. The van der Waals surface area contributed by atoms with Crippen LogP contribution in [0.15, 0.2) is 6.07 Å². The zero-order valence-electron chi connectivity index (χ0n) is 10.9. The molecule has 0 saturated heterocycles. The fourth-order valence-electron chi connectivity index (χ4n) is 1.62. The normalized spacial score (nSPS) is 12.9. The highest BCUT2D eigenvalue weighted by Crippen LogP contribution is 2.30. The standard InChI is InChI=1S/C13H21NO2/c1-12(2,3)9-7-8(11(15)16)10(14-9)13(4,5)6/h7,14H,1-6H3,(H,15,16). The van der Waals surface area contributed by atoms with E-state index in [1.165, 1.54) is 0 Å². The molecule has 0 aliphatic heterocycles. The van der Waals surface area contributed by atoms with Crippen molar-refractivity contribution in [2.75, 3.05) is 0 Å². The van der Waals surface area contributed by atoms with Gasteiger partial charge in [-0.2, -0.15) is 0 Å². The van der Waals surface area contributed by atoms with Crippen molar-refractivity contribution in [3.63, 3.8) is 0 Å². The molecule has 1 aromatic rings. The topological polar surface area (TPSA) is 53.1 Å². The average Bonchev–Trinajstić information content (AvgIpc) is 2.44. The molecule has 0 unspecified atom stereocenters. The summed E-state index contributed by atoms with van der Waals surface area (Å²) in [6, 6.07) is 1.75. The number of aromatic carboxylic acids is 1. The van der Waals surface area contributed by atoms with Crippen LogP contribution in [0.3, 0.4) is 0 Å². The van der Waals surface area contributed by atoms with Gasteiger partial charge in [-0.15, -0.1) is 0 Å². The molecular weight excluding hydrogens is 202 g/mol. The smallest absolute Gasteiger partial charge is 0.337 e. The van der Waals surface area contributed by atoms with Crippen LogP contribution in [-0.4, -0.2) is 16.1 Å². The molecule has 1 aromatic heterocycles. The number of aromatic amines is 1. The van der Waals surface area contributed by atoms with Crippen LogP contribution in [0, 0.1) is 0 Å². The molecule has 3 heteroatoms. The molecule has 1 rings (SSSR count). The largest absolute Gasteiger partial charge is 0.478 e. The minimum atomic E-state index is -0.864. The van der Waals surface area contributed by atoms with E-state index >= 15 is 0 Å². The molecular formula is C13H21NO2. The van der Waals surface area contributed by atoms with Gasteiger partial charge in [-0.3, -0.25) is 0 Å². The second-order valence-corrected chi connectivity index (χ2v) is 6.28. The number of carboxylic acids is 1. The third-order valence-electron chi connectivity index (χ3n) is 2.61. The summed E-state index contributed by atoms with van der Waals surface area (Å²) >= 11 is 0. The van der Waals surface area contributed by atoms with Gasteiger partial charge in [0.25, 0.3) is 0 Å². The minimum Gasteiger partial charge on any atom is -0.478 e. The highest BCUT2D eigenvalue weighted by Gasteiger charge is 2.27. The highest BCUT2D eigenvalue weighted by molar-refractivity contribution is 5.89. The average molecular weight is 223 g/mol. The molecule has 1 heterocycles. The lowest BCUT2D eigenvalue weighted by molar-refractivity contribution is 0.0694. The number of nitrogens with one attached hydrogen (secondary N) is 1. The SMILES string of the molecule is CC(C)(C)c1cc(C(=O)O)c(C(C)(C)C)[nH]1. The van der Waals surface area contributed by atoms with Crippen molar-refractivity contribution in [2.45, 2.75) is 52.4 Å². The van der Waals surface area contributed by atoms with E-state index in [0.717, 1.165) is 11.4 Å². The Bertz CT molecular complexity index is 403. The quantitative estimate of drug-likeness (QED) is 0.767. The summed E-state index contributed by atoms with van der Waals surface area (Å²) in [6.07, 6.45) is 0. The van der Waals surface area contributed by atoms with Crippen LogP contribution in [0.1, 0.15) is 63.3 Å².